The number of aliphatic hydroxyl groups is 1. The number of nitrogens with one attached hydrogen (secondary N) is 2. The molecule has 1 aliphatic heterocycles. The van der Waals surface area contributed by atoms with Gasteiger partial charge in [0.15, 0.2) is 0 Å². The van der Waals surface area contributed by atoms with Gasteiger partial charge in [0.2, 0.25) is 5.91 Å². The van der Waals surface area contributed by atoms with Gasteiger partial charge in [-0.25, -0.2) is 0 Å². The maximum absolute atomic E-state index is 12.2. The summed E-state index contributed by atoms with van der Waals surface area (Å²) in [4.78, 5) is 16.0. The van der Waals surface area contributed by atoms with Gasteiger partial charge in [0, 0.05) is 38.8 Å². The number of hydrogen-bond donors (Lipinski definition) is 3. The van der Waals surface area contributed by atoms with Gasteiger partial charge < -0.3 is 15.3 Å². The summed E-state index contributed by atoms with van der Waals surface area (Å²) < 4.78 is 0. The smallest absolute Gasteiger partial charge is 0.236 e. The van der Waals surface area contributed by atoms with Crippen LogP contribution in [0.2, 0.25) is 0 Å². The molecule has 2 aliphatic rings. The van der Waals surface area contributed by atoms with Crippen molar-refractivity contribution < 1.29 is 9.90 Å². The van der Waals surface area contributed by atoms with E-state index in [0.717, 1.165) is 12.2 Å². The second-order valence-corrected chi connectivity index (χ2v) is 5.85. The summed E-state index contributed by atoms with van der Waals surface area (Å²) >= 11 is 0. The fourth-order valence-electron chi connectivity index (χ4n) is 2.59. The lowest BCUT2D eigenvalue weighted by atomic mass is 10.3. The average Bonchev–Trinajstić information content (AvgIpc) is 3.19. The van der Waals surface area contributed by atoms with E-state index in [-0.39, 0.29) is 5.91 Å². The molecule has 3 rings (SSSR count). The highest BCUT2D eigenvalue weighted by atomic mass is 16.3. The van der Waals surface area contributed by atoms with Crippen LogP contribution >= 0.6 is 0 Å². The standard InChI is InChI=1S/C13H22N6O2/c20-12-8-18(7-11-5-15-17-16-11)3-4-19(9-12)13(21)6-14-10-1-2-10/h5,10,12,14,20H,1-4,6-9H2,(H,15,16,17). The van der Waals surface area contributed by atoms with Gasteiger partial charge in [-0.2, -0.15) is 15.4 Å². The van der Waals surface area contributed by atoms with E-state index >= 15 is 0 Å². The van der Waals surface area contributed by atoms with Crippen molar-refractivity contribution in [1.29, 1.82) is 0 Å². The third kappa shape index (κ3) is 4.23. The van der Waals surface area contributed by atoms with E-state index in [2.05, 4.69) is 25.6 Å². The van der Waals surface area contributed by atoms with Crippen LogP contribution in [0.3, 0.4) is 0 Å². The molecule has 0 spiro atoms. The molecule has 1 saturated heterocycles. The topological polar surface area (TPSA) is 97.4 Å². The van der Waals surface area contributed by atoms with Crippen LogP contribution in [0.4, 0.5) is 0 Å². The first-order valence-electron chi connectivity index (χ1n) is 7.47. The van der Waals surface area contributed by atoms with Crippen molar-refractivity contribution in [3.8, 4) is 0 Å². The van der Waals surface area contributed by atoms with Crippen molar-refractivity contribution in [1.82, 2.24) is 30.5 Å². The van der Waals surface area contributed by atoms with Crippen LogP contribution in [-0.2, 0) is 11.3 Å². The molecule has 1 aliphatic carbocycles. The summed E-state index contributed by atoms with van der Waals surface area (Å²) in [5.41, 5.74) is 0.845. The predicted octanol–water partition coefficient (Wildman–Crippen LogP) is -1.44. The fraction of sp³-hybridized carbons (Fsp3) is 0.769. The number of carbonyl (C=O) groups is 1. The third-order valence-electron chi connectivity index (χ3n) is 3.91. The van der Waals surface area contributed by atoms with Gasteiger partial charge in [-0.3, -0.25) is 9.69 Å². The molecule has 1 saturated carbocycles. The first-order chi connectivity index (χ1) is 10.2. The molecule has 1 atom stereocenters. The van der Waals surface area contributed by atoms with Crippen molar-refractivity contribution in [2.24, 2.45) is 0 Å². The molecule has 1 aromatic heterocycles. The van der Waals surface area contributed by atoms with E-state index in [0.29, 0.717) is 38.8 Å². The Morgan fingerprint density at radius 1 is 1.43 bits per heavy atom. The molecule has 1 amide bonds. The molecule has 21 heavy (non-hydrogen) atoms. The highest BCUT2D eigenvalue weighted by Crippen LogP contribution is 2.18. The molecule has 3 N–H and O–H groups in total. The van der Waals surface area contributed by atoms with E-state index in [1.165, 1.54) is 12.8 Å². The van der Waals surface area contributed by atoms with Crippen molar-refractivity contribution in [2.45, 2.75) is 31.5 Å². The fourth-order valence-corrected chi connectivity index (χ4v) is 2.59. The molecular formula is C13H22N6O2. The number of nitrogens with zero attached hydrogens (tertiary/aromatic N) is 4. The number of H-pyrrole nitrogens is 1. The minimum atomic E-state index is -0.524. The van der Waals surface area contributed by atoms with E-state index in [1.807, 2.05) is 0 Å². The van der Waals surface area contributed by atoms with Crippen molar-refractivity contribution >= 4 is 5.91 Å². The van der Waals surface area contributed by atoms with Crippen LogP contribution in [0.5, 0.6) is 0 Å². The minimum absolute atomic E-state index is 0.0734. The average molecular weight is 294 g/mol. The monoisotopic (exact) mass is 294 g/mol. The number of aromatic nitrogens is 3. The largest absolute Gasteiger partial charge is 0.390 e. The van der Waals surface area contributed by atoms with E-state index < -0.39 is 6.10 Å². The van der Waals surface area contributed by atoms with Crippen LogP contribution in [0, 0.1) is 0 Å². The van der Waals surface area contributed by atoms with E-state index in [9.17, 15) is 9.90 Å². The SMILES string of the molecule is O=C(CNC1CC1)N1CCN(Cc2cn[nH]n2)CC(O)C1. The normalized spacial score (nSPS) is 24.0. The van der Waals surface area contributed by atoms with Gasteiger partial charge in [-0.15, -0.1) is 0 Å². The Balaban J connectivity index is 1.50. The van der Waals surface area contributed by atoms with Gasteiger partial charge in [-0.05, 0) is 12.8 Å². The van der Waals surface area contributed by atoms with Crippen LogP contribution in [0.15, 0.2) is 6.20 Å². The van der Waals surface area contributed by atoms with Crippen LogP contribution in [-0.4, -0.2) is 81.1 Å². The lowest BCUT2D eigenvalue weighted by Crippen LogP contribution is -2.42. The van der Waals surface area contributed by atoms with Crippen molar-refractivity contribution in [3.05, 3.63) is 11.9 Å². The van der Waals surface area contributed by atoms with Gasteiger partial charge in [-0.1, -0.05) is 0 Å². The molecule has 0 radical (unpaired) electrons. The first-order valence-corrected chi connectivity index (χ1v) is 7.47. The lowest BCUT2D eigenvalue weighted by molar-refractivity contribution is -0.131. The molecule has 8 heteroatoms. The second-order valence-electron chi connectivity index (χ2n) is 5.85. The zero-order valence-electron chi connectivity index (χ0n) is 12.0. The maximum Gasteiger partial charge on any atom is 0.236 e. The number of carbonyl (C=O) groups excluding carboxylic acids is 1. The maximum atomic E-state index is 12.2. The Labute approximate surface area is 123 Å². The van der Waals surface area contributed by atoms with Crippen molar-refractivity contribution in [2.75, 3.05) is 32.7 Å². The Kier molecular flexibility index (Phi) is 4.47. The summed E-state index contributed by atoms with van der Waals surface area (Å²) in [5, 5.41) is 23.7. The Hall–Kier alpha value is -1.51. The number of amides is 1. The van der Waals surface area contributed by atoms with E-state index in [1.54, 1.807) is 11.1 Å². The summed E-state index contributed by atoms with van der Waals surface area (Å²) in [5.74, 6) is 0.0734. The number of aromatic amines is 1. The van der Waals surface area contributed by atoms with Gasteiger partial charge in [0.25, 0.3) is 0 Å². The second kappa shape index (κ2) is 6.50. The number of hydrogen-bond acceptors (Lipinski definition) is 6. The van der Waals surface area contributed by atoms with Gasteiger partial charge in [0.1, 0.15) is 0 Å². The summed E-state index contributed by atoms with van der Waals surface area (Å²) in [7, 11) is 0. The Morgan fingerprint density at radius 3 is 3.00 bits per heavy atom. The molecule has 1 unspecified atom stereocenters. The molecule has 8 nitrogen and oxygen atoms in total. The summed E-state index contributed by atoms with van der Waals surface area (Å²) in [6.45, 7) is 3.34. The summed E-state index contributed by atoms with van der Waals surface area (Å²) in [6.07, 6.45) is 3.49. The lowest BCUT2D eigenvalue weighted by Gasteiger charge is -2.22. The van der Waals surface area contributed by atoms with Crippen LogP contribution in [0.1, 0.15) is 18.5 Å². The number of aliphatic hydroxyl groups excluding tert-OH is 1. The van der Waals surface area contributed by atoms with Gasteiger partial charge in [0.05, 0.1) is 24.5 Å². The zero-order valence-corrected chi connectivity index (χ0v) is 12.0. The van der Waals surface area contributed by atoms with Gasteiger partial charge >= 0.3 is 0 Å². The van der Waals surface area contributed by atoms with Crippen molar-refractivity contribution in [3.63, 3.8) is 0 Å². The number of β-amino-alcohol motifs (C(OH)–C–C–N with tert-alkyl or cyclic N) is 1. The zero-order chi connectivity index (χ0) is 14.7. The predicted molar refractivity (Wildman–Crippen MR) is 75.3 cm³/mol. The quantitative estimate of drug-likeness (QED) is 0.615. The summed E-state index contributed by atoms with van der Waals surface area (Å²) in [6, 6.07) is 0.523. The minimum Gasteiger partial charge on any atom is -0.390 e. The Morgan fingerprint density at radius 2 is 2.29 bits per heavy atom. The van der Waals surface area contributed by atoms with Crippen LogP contribution in [0.25, 0.3) is 0 Å². The highest BCUT2D eigenvalue weighted by molar-refractivity contribution is 5.78. The molecule has 116 valence electrons. The highest BCUT2D eigenvalue weighted by Gasteiger charge is 2.26. The third-order valence-corrected chi connectivity index (χ3v) is 3.91. The number of rotatable bonds is 5. The molecule has 2 heterocycles. The Bertz CT molecular complexity index is 461. The molecule has 0 bridgehead atoms. The van der Waals surface area contributed by atoms with Crippen LogP contribution < -0.4 is 5.32 Å². The molecule has 2 fully saturated rings. The molecular weight excluding hydrogens is 272 g/mol. The van der Waals surface area contributed by atoms with E-state index in [4.69, 9.17) is 0 Å². The molecule has 0 aromatic carbocycles. The first kappa shape index (κ1) is 14.4. The molecule has 1 aromatic rings.